The second kappa shape index (κ2) is 9.98. The Morgan fingerprint density at radius 2 is 1.69 bits per heavy atom. The molecule has 152 valence electrons. The smallest absolute Gasteiger partial charge is 0.274 e. The Bertz CT molecular complexity index is 923. The summed E-state index contributed by atoms with van der Waals surface area (Å²) in [5.41, 5.74) is 1.92. The number of nitrogens with zero attached hydrogens (tertiary/aromatic N) is 4. The van der Waals surface area contributed by atoms with Gasteiger partial charge < -0.3 is 9.80 Å². The molecule has 5 nitrogen and oxygen atoms in total. The van der Waals surface area contributed by atoms with Gasteiger partial charge in [-0.3, -0.25) is 4.79 Å². The second-order valence-corrected chi connectivity index (χ2v) is 7.28. The zero-order valence-corrected chi connectivity index (χ0v) is 17.0. The predicted octanol–water partition coefficient (Wildman–Crippen LogP) is 3.65. The Morgan fingerprint density at radius 1 is 0.966 bits per heavy atom. The molecule has 0 saturated heterocycles. The zero-order chi connectivity index (χ0) is 20.6. The van der Waals surface area contributed by atoms with Gasteiger partial charge in [-0.15, -0.1) is 0 Å². The van der Waals surface area contributed by atoms with E-state index in [1.54, 1.807) is 30.5 Å². The van der Waals surface area contributed by atoms with E-state index < -0.39 is 0 Å². The maximum atomic E-state index is 14.0. The summed E-state index contributed by atoms with van der Waals surface area (Å²) in [7, 11) is 3.97. The van der Waals surface area contributed by atoms with Crippen molar-refractivity contribution in [1.29, 1.82) is 0 Å². The highest BCUT2D eigenvalue weighted by Gasteiger charge is 2.19. The number of rotatable bonds is 9. The van der Waals surface area contributed by atoms with Gasteiger partial charge in [0, 0.05) is 25.8 Å². The standard InChI is InChI=1S/C23H27FN4O/c1-26(2)17-18-27(15-8-11-19-9-4-3-5-10-19)23(29)21-14-16-28(25-21)22-13-7-6-12-20(22)24/h3-7,9-10,12-14,16H,8,11,15,17-18H2,1-2H3. The average Bonchev–Trinajstić information content (AvgIpc) is 3.21. The molecule has 3 rings (SSSR count). The van der Waals surface area contributed by atoms with Gasteiger partial charge in [0.2, 0.25) is 0 Å². The lowest BCUT2D eigenvalue weighted by Gasteiger charge is -2.23. The van der Waals surface area contributed by atoms with Crippen LogP contribution in [-0.4, -0.2) is 59.2 Å². The van der Waals surface area contributed by atoms with Gasteiger partial charge in [0.15, 0.2) is 5.69 Å². The molecule has 2 aromatic carbocycles. The average molecular weight is 394 g/mol. The predicted molar refractivity (Wildman–Crippen MR) is 113 cm³/mol. The zero-order valence-electron chi connectivity index (χ0n) is 17.0. The van der Waals surface area contributed by atoms with Crippen LogP contribution in [0.1, 0.15) is 22.5 Å². The quantitative estimate of drug-likeness (QED) is 0.556. The van der Waals surface area contributed by atoms with Crippen molar-refractivity contribution in [2.75, 3.05) is 33.7 Å². The molecular formula is C23H27FN4O. The van der Waals surface area contributed by atoms with E-state index in [9.17, 15) is 9.18 Å². The van der Waals surface area contributed by atoms with Gasteiger partial charge in [0.05, 0.1) is 0 Å². The molecule has 0 aliphatic carbocycles. The van der Waals surface area contributed by atoms with Crippen LogP contribution in [0.3, 0.4) is 0 Å². The first-order valence-corrected chi connectivity index (χ1v) is 9.83. The summed E-state index contributed by atoms with van der Waals surface area (Å²) in [6.07, 6.45) is 3.41. The van der Waals surface area contributed by atoms with Crippen LogP contribution in [-0.2, 0) is 6.42 Å². The molecule has 0 unspecified atom stereocenters. The summed E-state index contributed by atoms with van der Waals surface area (Å²) in [6, 6.07) is 18.3. The molecule has 1 heterocycles. The lowest BCUT2D eigenvalue weighted by Crippen LogP contribution is -2.37. The first-order valence-electron chi connectivity index (χ1n) is 9.83. The number of likely N-dealkylation sites (N-methyl/N-ethyl adjacent to an activating group) is 1. The van der Waals surface area contributed by atoms with E-state index in [-0.39, 0.29) is 11.7 Å². The molecule has 0 aliphatic heterocycles. The van der Waals surface area contributed by atoms with Crippen molar-refractivity contribution in [3.63, 3.8) is 0 Å². The summed E-state index contributed by atoms with van der Waals surface area (Å²) in [4.78, 5) is 16.9. The van der Waals surface area contributed by atoms with Crippen molar-refractivity contribution in [2.24, 2.45) is 0 Å². The molecule has 1 amide bonds. The Hall–Kier alpha value is -2.99. The summed E-state index contributed by atoms with van der Waals surface area (Å²) >= 11 is 0. The number of benzene rings is 2. The molecule has 1 aromatic heterocycles. The Labute approximate surface area is 171 Å². The maximum absolute atomic E-state index is 14.0. The highest BCUT2D eigenvalue weighted by atomic mass is 19.1. The number of amides is 1. The van der Waals surface area contributed by atoms with Crippen LogP contribution in [0.5, 0.6) is 0 Å². The minimum atomic E-state index is -0.373. The van der Waals surface area contributed by atoms with Crippen molar-refractivity contribution in [1.82, 2.24) is 19.6 Å². The molecule has 6 heteroatoms. The van der Waals surface area contributed by atoms with E-state index >= 15 is 0 Å². The van der Waals surface area contributed by atoms with Crippen LogP contribution in [0.25, 0.3) is 5.69 Å². The van der Waals surface area contributed by atoms with Gasteiger partial charge in [-0.25, -0.2) is 9.07 Å². The number of carbonyl (C=O) groups excluding carboxylic acids is 1. The van der Waals surface area contributed by atoms with Crippen LogP contribution in [0.2, 0.25) is 0 Å². The van der Waals surface area contributed by atoms with Crippen molar-refractivity contribution in [3.8, 4) is 5.69 Å². The normalized spacial score (nSPS) is 11.0. The Kier molecular flexibility index (Phi) is 7.14. The lowest BCUT2D eigenvalue weighted by molar-refractivity contribution is 0.0736. The molecule has 29 heavy (non-hydrogen) atoms. The van der Waals surface area contributed by atoms with Crippen LogP contribution < -0.4 is 0 Å². The minimum Gasteiger partial charge on any atom is -0.336 e. The number of aryl methyl sites for hydroxylation is 1. The number of halogens is 1. The largest absolute Gasteiger partial charge is 0.336 e. The second-order valence-electron chi connectivity index (χ2n) is 7.28. The molecule has 0 spiro atoms. The third-order valence-corrected chi connectivity index (χ3v) is 4.75. The van der Waals surface area contributed by atoms with Crippen molar-refractivity contribution < 1.29 is 9.18 Å². The molecule has 0 fully saturated rings. The SMILES string of the molecule is CN(C)CCN(CCCc1ccccc1)C(=O)c1ccn(-c2ccccc2F)n1. The third kappa shape index (κ3) is 5.74. The van der Waals surface area contributed by atoms with E-state index in [2.05, 4.69) is 22.1 Å². The number of para-hydroxylation sites is 1. The molecule has 0 aliphatic rings. The monoisotopic (exact) mass is 394 g/mol. The van der Waals surface area contributed by atoms with Crippen molar-refractivity contribution >= 4 is 5.91 Å². The summed E-state index contributed by atoms with van der Waals surface area (Å²) in [5.74, 6) is -0.503. The molecule has 3 aromatic rings. The maximum Gasteiger partial charge on any atom is 0.274 e. The number of hydrogen-bond acceptors (Lipinski definition) is 3. The van der Waals surface area contributed by atoms with Gasteiger partial charge >= 0.3 is 0 Å². The minimum absolute atomic E-state index is 0.130. The summed E-state index contributed by atoms with van der Waals surface area (Å²) in [5, 5.41) is 4.33. The number of hydrogen-bond donors (Lipinski definition) is 0. The molecular weight excluding hydrogens is 367 g/mol. The van der Waals surface area contributed by atoms with Crippen molar-refractivity contribution in [2.45, 2.75) is 12.8 Å². The molecule has 0 atom stereocenters. The fraction of sp³-hybridized carbons (Fsp3) is 0.304. The number of carbonyl (C=O) groups is 1. The van der Waals surface area contributed by atoms with Gasteiger partial charge in [-0.2, -0.15) is 5.10 Å². The summed E-state index contributed by atoms with van der Waals surface area (Å²) in [6.45, 7) is 2.03. The highest BCUT2D eigenvalue weighted by molar-refractivity contribution is 5.92. The Balaban J connectivity index is 1.69. The van der Waals surface area contributed by atoms with E-state index in [1.165, 1.54) is 16.3 Å². The van der Waals surface area contributed by atoms with Gasteiger partial charge in [-0.05, 0) is 50.7 Å². The van der Waals surface area contributed by atoms with Crippen LogP contribution >= 0.6 is 0 Å². The van der Waals surface area contributed by atoms with Gasteiger partial charge in [0.1, 0.15) is 11.5 Å². The van der Waals surface area contributed by atoms with Crippen molar-refractivity contribution in [3.05, 3.63) is 83.9 Å². The van der Waals surface area contributed by atoms with Gasteiger partial charge in [0.25, 0.3) is 5.91 Å². The first kappa shape index (κ1) is 20.7. The topological polar surface area (TPSA) is 41.4 Å². The fourth-order valence-electron chi connectivity index (χ4n) is 3.13. The third-order valence-electron chi connectivity index (χ3n) is 4.75. The van der Waals surface area contributed by atoms with Crippen LogP contribution in [0, 0.1) is 5.82 Å². The van der Waals surface area contributed by atoms with Crippen LogP contribution in [0.4, 0.5) is 4.39 Å². The fourth-order valence-corrected chi connectivity index (χ4v) is 3.13. The first-order chi connectivity index (χ1) is 14.0. The molecule has 0 saturated carbocycles. The molecule has 0 N–H and O–H groups in total. The van der Waals surface area contributed by atoms with Crippen LogP contribution in [0.15, 0.2) is 66.9 Å². The van der Waals surface area contributed by atoms with Gasteiger partial charge in [-0.1, -0.05) is 42.5 Å². The lowest BCUT2D eigenvalue weighted by atomic mass is 10.1. The Morgan fingerprint density at radius 3 is 2.41 bits per heavy atom. The van der Waals surface area contributed by atoms with E-state index in [1.807, 2.05) is 37.2 Å². The summed E-state index contributed by atoms with van der Waals surface area (Å²) < 4.78 is 15.4. The molecule has 0 radical (unpaired) electrons. The highest BCUT2D eigenvalue weighted by Crippen LogP contribution is 2.13. The number of aromatic nitrogens is 2. The van der Waals surface area contributed by atoms with E-state index in [0.29, 0.717) is 24.5 Å². The van der Waals surface area contributed by atoms with E-state index in [4.69, 9.17) is 0 Å². The molecule has 0 bridgehead atoms. The van der Waals surface area contributed by atoms with E-state index in [0.717, 1.165) is 19.4 Å².